The van der Waals surface area contributed by atoms with E-state index in [4.69, 9.17) is 14.2 Å². The van der Waals surface area contributed by atoms with Gasteiger partial charge in [0.2, 0.25) is 0 Å². The summed E-state index contributed by atoms with van der Waals surface area (Å²) >= 11 is 0. The Kier molecular flexibility index (Phi) is 6.17. The normalized spacial score (nSPS) is 19.6. The number of carbonyl (C=O) groups is 2. The summed E-state index contributed by atoms with van der Waals surface area (Å²) in [5.74, 6) is -1.51. The Balaban J connectivity index is 1.88. The van der Waals surface area contributed by atoms with Crippen LogP contribution in [0.15, 0.2) is 23.9 Å². The van der Waals surface area contributed by atoms with E-state index in [0.717, 1.165) is 31.5 Å². The maximum atomic E-state index is 12.2. The van der Waals surface area contributed by atoms with Crippen molar-refractivity contribution < 1.29 is 23.8 Å². The molecule has 0 radical (unpaired) electrons. The lowest BCUT2D eigenvalue weighted by Crippen LogP contribution is -2.42. The fourth-order valence-corrected chi connectivity index (χ4v) is 3.67. The van der Waals surface area contributed by atoms with Crippen molar-refractivity contribution in [2.45, 2.75) is 65.3 Å². The lowest BCUT2D eigenvalue weighted by atomic mass is 9.87. The van der Waals surface area contributed by atoms with Crippen LogP contribution in [0, 0.1) is 6.92 Å². The third-order valence-electron chi connectivity index (χ3n) is 5.00. The van der Waals surface area contributed by atoms with Gasteiger partial charge in [-0.15, -0.1) is 0 Å². The first-order chi connectivity index (χ1) is 13.7. The summed E-state index contributed by atoms with van der Waals surface area (Å²) < 4.78 is 16.3. The molecule has 2 aliphatic heterocycles. The van der Waals surface area contributed by atoms with Gasteiger partial charge in [0.25, 0.3) is 5.79 Å². The van der Waals surface area contributed by atoms with Crippen LogP contribution in [0.3, 0.4) is 0 Å². The van der Waals surface area contributed by atoms with Gasteiger partial charge in [-0.2, -0.15) is 0 Å². The van der Waals surface area contributed by atoms with Crippen molar-refractivity contribution in [3.05, 3.63) is 35.0 Å². The number of benzene rings is 1. The van der Waals surface area contributed by atoms with Gasteiger partial charge in [0.05, 0.1) is 11.8 Å². The molecular formula is C22H30N2O5. The number of nitrogens with one attached hydrogen (secondary N) is 2. The van der Waals surface area contributed by atoms with Crippen LogP contribution in [0.4, 0.5) is 5.69 Å². The van der Waals surface area contributed by atoms with Crippen molar-refractivity contribution in [3.8, 4) is 5.75 Å². The molecule has 0 spiro atoms. The number of hydrogen-bond acceptors (Lipinski definition) is 7. The number of cyclic esters (lactones) is 2. The molecule has 2 heterocycles. The molecule has 1 aromatic carbocycles. The standard InChI is InChI=1S/C22H30N2O5/c1-13(2)27-19-11-16(15-6-8-23-9-7-15)14(3)10-18(19)24-12-17-20(25)28-22(4,5)29-21(17)26/h10-13,15,23-24H,6-9H2,1-5H3. The Bertz CT molecular complexity index is 801. The van der Waals surface area contributed by atoms with Crippen molar-refractivity contribution in [3.63, 3.8) is 0 Å². The molecule has 2 saturated heterocycles. The van der Waals surface area contributed by atoms with Crippen LogP contribution in [0.1, 0.15) is 57.6 Å². The van der Waals surface area contributed by atoms with Crippen molar-refractivity contribution in [2.24, 2.45) is 0 Å². The van der Waals surface area contributed by atoms with E-state index in [9.17, 15) is 9.59 Å². The van der Waals surface area contributed by atoms with E-state index in [-0.39, 0.29) is 11.7 Å². The second-order valence-corrected chi connectivity index (χ2v) is 8.28. The van der Waals surface area contributed by atoms with E-state index in [1.54, 1.807) is 0 Å². The quantitative estimate of drug-likeness (QED) is 0.444. The summed E-state index contributed by atoms with van der Waals surface area (Å²) in [5, 5.41) is 6.44. The average Bonchev–Trinajstić information content (AvgIpc) is 2.62. The van der Waals surface area contributed by atoms with E-state index in [2.05, 4.69) is 23.6 Å². The lowest BCUT2D eigenvalue weighted by Gasteiger charge is -2.29. The molecule has 0 amide bonds. The fraction of sp³-hybridized carbons (Fsp3) is 0.545. The monoisotopic (exact) mass is 402 g/mol. The van der Waals surface area contributed by atoms with Gasteiger partial charge >= 0.3 is 11.9 Å². The Morgan fingerprint density at radius 3 is 2.38 bits per heavy atom. The average molecular weight is 402 g/mol. The van der Waals surface area contributed by atoms with E-state index >= 15 is 0 Å². The Morgan fingerprint density at radius 2 is 1.79 bits per heavy atom. The lowest BCUT2D eigenvalue weighted by molar-refractivity contribution is -0.222. The molecule has 0 bridgehead atoms. The third kappa shape index (κ3) is 5.09. The van der Waals surface area contributed by atoms with Crippen LogP contribution < -0.4 is 15.4 Å². The van der Waals surface area contributed by atoms with Crippen LogP contribution in [0.5, 0.6) is 5.75 Å². The number of rotatable bonds is 5. The number of esters is 2. The van der Waals surface area contributed by atoms with E-state index in [0.29, 0.717) is 17.4 Å². The van der Waals surface area contributed by atoms with Crippen LogP contribution >= 0.6 is 0 Å². The third-order valence-corrected chi connectivity index (χ3v) is 5.00. The maximum absolute atomic E-state index is 12.2. The number of hydrogen-bond donors (Lipinski definition) is 2. The SMILES string of the molecule is Cc1cc(NC=C2C(=O)OC(C)(C)OC2=O)c(OC(C)C)cc1C1CCNCC1. The molecule has 1 aromatic rings. The van der Waals surface area contributed by atoms with E-state index in [1.807, 2.05) is 19.9 Å². The van der Waals surface area contributed by atoms with Gasteiger partial charge in [-0.05, 0) is 75.9 Å². The zero-order valence-electron chi connectivity index (χ0n) is 17.8. The summed E-state index contributed by atoms with van der Waals surface area (Å²) in [5.41, 5.74) is 2.93. The highest BCUT2D eigenvalue weighted by Crippen LogP contribution is 2.36. The van der Waals surface area contributed by atoms with Gasteiger partial charge in [-0.1, -0.05) is 0 Å². The Morgan fingerprint density at radius 1 is 1.17 bits per heavy atom. The summed E-state index contributed by atoms with van der Waals surface area (Å²) in [6, 6.07) is 4.07. The first-order valence-corrected chi connectivity index (χ1v) is 10.1. The highest BCUT2D eigenvalue weighted by Gasteiger charge is 2.39. The Labute approximate surface area is 171 Å². The van der Waals surface area contributed by atoms with Crippen LogP contribution in [0.2, 0.25) is 0 Å². The van der Waals surface area contributed by atoms with E-state index in [1.165, 1.54) is 25.6 Å². The maximum Gasteiger partial charge on any atom is 0.350 e. The largest absolute Gasteiger partial charge is 0.489 e. The minimum atomic E-state index is -1.26. The first kappa shape index (κ1) is 21.2. The highest BCUT2D eigenvalue weighted by molar-refractivity contribution is 6.15. The predicted molar refractivity (Wildman–Crippen MR) is 110 cm³/mol. The van der Waals surface area contributed by atoms with Crippen LogP contribution in [-0.4, -0.2) is 36.9 Å². The number of ether oxygens (including phenoxy) is 3. The van der Waals surface area contributed by atoms with Gasteiger partial charge in [0, 0.05) is 20.0 Å². The second kappa shape index (κ2) is 8.45. The molecule has 0 saturated carbocycles. The highest BCUT2D eigenvalue weighted by atomic mass is 16.7. The molecule has 0 unspecified atom stereocenters. The predicted octanol–water partition coefficient (Wildman–Crippen LogP) is 3.38. The molecule has 7 heteroatoms. The topological polar surface area (TPSA) is 85.9 Å². The first-order valence-electron chi connectivity index (χ1n) is 10.1. The fourth-order valence-electron chi connectivity index (χ4n) is 3.67. The molecular weight excluding hydrogens is 372 g/mol. The van der Waals surface area contributed by atoms with Crippen molar-refractivity contribution in [1.82, 2.24) is 5.32 Å². The number of anilines is 1. The van der Waals surface area contributed by atoms with Crippen LogP contribution in [-0.2, 0) is 19.1 Å². The zero-order chi connectivity index (χ0) is 21.2. The number of aryl methyl sites for hydroxylation is 1. The van der Waals surface area contributed by atoms with Gasteiger partial charge in [0.1, 0.15) is 5.75 Å². The van der Waals surface area contributed by atoms with Gasteiger partial charge in [0.15, 0.2) is 5.57 Å². The molecule has 2 aliphatic rings. The van der Waals surface area contributed by atoms with Crippen molar-refractivity contribution in [2.75, 3.05) is 18.4 Å². The summed E-state index contributed by atoms with van der Waals surface area (Å²) in [7, 11) is 0. The molecule has 29 heavy (non-hydrogen) atoms. The summed E-state index contributed by atoms with van der Waals surface area (Å²) in [6.45, 7) is 11.1. The molecule has 158 valence electrons. The minimum absolute atomic E-state index is 0.0165. The van der Waals surface area contributed by atoms with Crippen molar-refractivity contribution in [1.29, 1.82) is 0 Å². The molecule has 3 rings (SSSR count). The number of carbonyl (C=O) groups excluding carboxylic acids is 2. The molecule has 0 atom stereocenters. The van der Waals surface area contributed by atoms with E-state index < -0.39 is 17.7 Å². The van der Waals surface area contributed by atoms with Gasteiger partial charge < -0.3 is 24.8 Å². The second-order valence-electron chi connectivity index (χ2n) is 8.28. The minimum Gasteiger partial charge on any atom is -0.489 e. The smallest absolute Gasteiger partial charge is 0.350 e. The van der Waals surface area contributed by atoms with Crippen molar-refractivity contribution >= 4 is 17.6 Å². The van der Waals surface area contributed by atoms with Gasteiger partial charge in [-0.3, -0.25) is 0 Å². The Hall–Kier alpha value is -2.54. The molecule has 0 aliphatic carbocycles. The molecule has 7 nitrogen and oxygen atoms in total. The molecule has 0 aromatic heterocycles. The molecule has 2 N–H and O–H groups in total. The van der Waals surface area contributed by atoms with Gasteiger partial charge in [-0.25, -0.2) is 9.59 Å². The molecule has 2 fully saturated rings. The summed E-state index contributed by atoms with van der Waals surface area (Å²) in [6.07, 6.45) is 3.49. The van der Waals surface area contributed by atoms with Crippen LogP contribution in [0.25, 0.3) is 0 Å². The summed E-state index contributed by atoms with van der Waals surface area (Å²) in [4.78, 5) is 24.3. The number of piperidine rings is 1. The zero-order valence-corrected chi connectivity index (χ0v) is 17.8.